The Morgan fingerprint density at radius 1 is 1.22 bits per heavy atom. The number of ether oxygens (including phenoxy) is 1. The summed E-state index contributed by atoms with van der Waals surface area (Å²) >= 11 is 0. The van der Waals surface area contributed by atoms with Crippen LogP contribution in [0.3, 0.4) is 0 Å². The van der Waals surface area contributed by atoms with Gasteiger partial charge in [0.1, 0.15) is 5.75 Å². The molecule has 0 saturated carbocycles. The maximum atomic E-state index is 5.41. The molecule has 0 heterocycles. The molecular weight excluding hydrogens is 222 g/mol. The molecule has 2 heteroatoms. The van der Waals surface area contributed by atoms with Gasteiger partial charge < -0.3 is 10.1 Å². The van der Waals surface area contributed by atoms with E-state index in [4.69, 9.17) is 4.74 Å². The third kappa shape index (κ3) is 5.09. The topological polar surface area (TPSA) is 21.3 Å². The molecule has 18 heavy (non-hydrogen) atoms. The lowest BCUT2D eigenvalue weighted by atomic mass is 9.87. The number of nitrogens with one attached hydrogen (secondary N) is 1. The van der Waals surface area contributed by atoms with Crippen LogP contribution >= 0.6 is 0 Å². The van der Waals surface area contributed by atoms with Gasteiger partial charge in [-0.2, -0.15) is 0 Å². The van der Waals surface area contributed by atoms with Crippen molar-refractivity contribution in [2.24, 2.45) is 5.41 Å². The molecule has 0 amide bonds. The second kappa shape index (κ2) is 6.79. The van der Waals surface area contributed by atoms with Crippen molar-refractivity contribution in [3.8, 4) is 5.75 Å². The number of hydrogen-bond donors (Lipinski definition) is 1. The van der Waals surface area contributed by atoms with Gasteiger partial charge in [0.15, 0.2) is 0 Å². The highest BCUT2D eigenvalue weighted by Gasteiger charge is 2.15. The minimum Gasteiger partial charge on any atom is -0.496 e. The summed E-state index contributed by atoms with van der Waals surface area (Å²) in [7, 11) is 3.78. The van der Waals surface area contributed by atoms with Gasteiger partial charge in [0.25, 0.3) is 0 Å². The van der Waals surface area contributed by atoms with E-state index in [9.17, 15) is 0 Å². The van der Waals surface area contributed by atoms with E-state index in [1.54, 1.807) is 7.11 Å². The first-order valence-electron chi connectivity index (χ1n) is 6.75. The molecule has 0 radical (unpaired) electrons. The molecule has 0 fully saturated rings. The van der Waals surface area contributed by atoms with E-state index in [1.165, 1.54) is 18.4 Å². The molecule has 1 atom stereocenters. The Morgan fingerprint density at radius 2 is 1.89 bits per heavy atom. The van der Waals surface area contributed by atoms with Crippen LogP contribution in [0.1, 0.15) is 39.2 Å². The Bertz CT molecular complexity index is 354. The summed E-state index contributed by atoms with van der Waals surface area (Å²) in [4.78, 5) is 0. The highest BCUT2D eigenvalue weighted by Crippen LogP contribution is 2.24. The van der Waals surface area contributed by atoms with Gasteiger partial charge in [-0.1, -0.05) is 39.0 Å². The van der Waals surface area contributed by atoms with Gasteiger partial charge in [-0.15, -0.1) is 0 Å². The molecule has 0 spiro atoms. The smallest absolute Gasteiger partial charge is 0.122 e. The second-order valence-corrected chi connectivity index (χ2v) is 6.10. The Balaban J connectivity index is 2.62. The number of methoxy groups -OCH3 is 1. The minimum atomic E-state index is 0.399. The van der Waals surface area contributed by atoms with Crippen LogP contribution in [0.15, 0.2) is 24.3 Å². The van der Waals surface area contributed by atoms with Crippen LogP contribution in [-0.4, -0.2) is 20.2 Å². The average molecular weight is 249 g/mol. The first-order valence-corrected chi connectivity index (χ1v) is 6.75. The quantitative estimate of drug-likeness (QED) is 0.831. The maximum Gasteiger partial charge on any atom is 0.122 e. The van der Waals surface area contributed by atoms with Crippen LogP contribution < -0.4 is 10.1 Å². The highest BCUT2D eigenvalue weighted by molar-refractivity contribution is 5.33. The normalized spacial score (nSPS) is 13.4. The standard InChI is InChI=1S/C16H27NO/c1-16(2,3)11-10-14(17-4)12-13-8-6-7-9-15(13)18-5/h6-9,14,17H,10-12H2,1-5H3. The van der Waals surface area contributed by atoms with E-state index >= 15 is 0 Å². The van der Waals surface area contributed by atoms with Crippen LogP contribution in [0.5, 0.6) is 5.75 Å². The van der Waals surface area contributed by atoms with Crippen LogP contribution in [0.25, 0.3) is 0 Å². The minimum absolute atomic E-state index is 0.399. The fourth-order valence-corrected chi connectivity index (χ4v) is 2.09. The van der Waals surface area contributed by atoms with Gasteiger partial charge in [0.2, 0.25) is 0 Å². The molecular formula is C16H27NO. The molecule has 1 N–H and O–H groups in total. The molecule has 2 nitrogen and oxygen atoms in total. The SMILES string of the molecule is CNC(CCC(C)(C)C)Cc1ccccc1OC. The number of rotatable bonds is 6. The molecule has 1 rings (SSSR count). The number of benzene rings is 1. The largest absolute Gasteiger partial charge is 0.496 e. The molecule has 0 aromatic heterocycles. The number of likely N-dealkylation sites (N-methyl/N-ethyl adjacent to an activating group) is 1. The van der Waals surface area contributed by atoms with E-state index < -0.39 is 0 Å². The zero-order chi connectivity index (χ0) is 13.6. The Morgan fingerprint density at radius 3 is 2.44 bits per heavy atom. The summed E-state index contributed by atoms with van der Waals surface area (Å²) in [5.41, 5.74) is 1.68. The first-order chi connectivity index (χ1) is 8.46. The van der Waals surface area contributed by atoms with Gasteiger partial charge in [-0.05, 0) is 43.4 Å². The summed E-state index contributed by atoms with van der Waals surface area (Å²) < 4.78 is 5.41. The zero-order valence-corrected chi connectivity index (χ0v) is 12.4. The lowest BCUT2D eigenvalue weighted by Gasteiger charge is -2.23. The predicted octanol–water partition coefficient (Wildman–Crippen LogP) is 3.65. The molecule has 1 aromatic rings. The monoisotopic (exact) mass is 249 g/mol. The van der Waals surface area contributed by atoms with E-state index in [-0.39, 0.29) is 0 Å². The fraction of sp³-hybridized carbons (Fsp3) is 0.625. The van der Waals surface area contributed by atoms with E-state index in [2.05, 4.69) is 38.2 Å². The van der Waals surface area contributed by atoms with Gasteiger partial charge >= 0.3 is 0 Å². The third-order valence-electron chi connectivity index (χ3n) is 3.31. The summed E-state index contributed by atoms with van der Waals surface area (Å²) in [6.07, 6.45) is 3.45. The van der Waals surface area contributed by atoms with Crippen molar-refractivity contribution in [1.29, 1.82) is 0 Å². The third-order valence-corrected chi connectivity index (χ3v) is 3.31. The van der Waals surface area contributed by atoms with Crippen molar-refractivity contribution in [3.63, 3.8) is 0 Å². The predicted molar refractivity (Wildman–Crippen MR) is 78.2 cm³/mol. The summed E-state index contributed by atoms with van der Waals surface area (Å²) in [5.74, 6) is 0.994. The summed E-state index contributed by atoms with van der Waals surface area (Å²) in [5, 5.41) is 3.42. The molecule has 0 saturated heterocycles. The Labute approximate surface area is 112 Å². The van der Waals surface area contributed by atoms with Gasteiger partial charge in [0.05, 0.1) is 7.11 Å². The van der Waals surface area contributed by atoms with Gasteiger partial charge in [0, 0.05) is 6.04 Å². The lowest BCUT2D eigenvalue weighted by Crippen LogP contribution is -2.29. The van der Waals surface area contributed by atoms with Crippen LogP contribution in [0, 0.1) is 5.41 Å². The van der Waals surface area contributed by atoms with Crippen molar-refractivity contribution >= 4 is 0 Å². The van der Waals surface area contributed by atoms with Crippen LogP contribution in [-0.2, 0) is 6.42 Å². The van der Waals surface area contributed by atoms with E-state index in [0.29, 0.717) is 11.5 Å². The summed E-state index contributed by atoms with van der Waals surface area (Å²) in [6.45, 7) is 6.88. The lowest BCUT2D eigenvalue weighted by molar-refractivity contribution is 0.333. The molecule has 0 aliphatic heterocycles. The molecule has 0 aliphatic carbocycles. The van der Waals surface area contributed by atoms with Crippen LogP contribution in [0.4, 0.5) is 0 Å². The van der Waals surface area contributed by atoms with Crippen molar-refractivity contribution in [1.82, 2.24) is 5.32 Å². The number of hydrogen-bond acceptors (Lipinski definition) is 2. The van der Waals surface area contributed by atoms with Crippen molar-refractivity contribution in [3.05, 3.63) is 29.8 Å². The van der Waals surface area contributed by atoms with E-state index in [0.717, 1.165) is 12.2 Å². The second-order valence-electron chi connectivity index (χ2n) is 6.10. The average Bonchev–Trinajstić information content (AvgIpc) is 2.33. The molecule has 0 aliphatic rings. The highest BCUT2D eigenvalue weighted by atomic mass is 16.5. The molecule has 0 bridgehead atoms. The fourth-order valence-electron chi connectivity index (χ4n) is 2.09. The van der Waals surface area contributed by atoms with Crippen molar-refractivity contribution in [2.45, 2.75) is 46.1 Å². The Kier molecular flexibility index (Phi) is 5.67. The maximum absolute atomic E-state index is 5.41. The number of para-hydroxylation sites is 1. The van der Waals surface area contributed by atoms with Gasteiger partial charge in [-0.3, -0.25) is 0 Å². The summed E-state index contributed by atoms with van der Waals surface area (Å²) in [6, 6.07) is 8.80. The molecule has 1 unspecified atom stereocenters. The van der Waals surface area contributed by atoms with Crippen molar-refractivity contribution in [2.75, 3.05) is 14.2 Å². The molecule has 1 aromatic carbocycles. The van der Waals surface area contributed by atoms with E-state index in [1.807, 2.05) is 19.2 Å². The molecule has 102 valence electrons. The van der Waals surface area contributed by atoms with Gasteiger partial charge in [-0.25, -0.2) is 0 Å². The zero-order valence-electron chi connectivity index (χ0n) is 12.4. The van der Waals surface area contributed by atoms with Crippen molar-refractivity contribution < 1.29 is 4.74 Å². The first kappa shape index (κ1) is 15.0. The Hall–Kier alpha value is -1.02. The van der Waals surface area contributed by atoms with Crippen LogP contribution in [0.2, 0.25) is 0 Å².